The maximum Gasteiger partial charge on any atom is 0.317 e. The molecule has 0 saturated heterocycles. The predicted octanol–water partition coefficient (Wildman–Crippen LogP) is -1.09. The van der Waals surface area contributed by atoms with Crippen LogP contribution in [0.1, 0.15) is 13.3 Å². The van der Waals surface area contributed by atoms with Crippen LogP contribution >= 0.6 is 0 Å². The van der Waals surface area contributed by atoms with Gasteiger partial charge in [-0.1, -0.05) is 6.92 Å². The standard InChI is InChI=1S/C6H12N2O3/c1-2-3(7)4(5(8)9)6(10)11/h3-4H,2,7H2,1H3,(H2,8,9)(H,10,11)/t3-,4?/m0/s1. The number of hydrogen-bond donors (Lipinski definition) is 3. The molecule has 5 nitrogen and oxygen atoms in total. The van der Waals surface area contributed by atoms with E-state index in [2.05, 4.69) is 0 Å². The van der Waals surface area contributed by atoms with Gasteiger partial charge in [0.15, 0.2) is 0 Å². The maximum atomic E-state index is 10.5. The second kappa shape index (κ2) is 3.92. The molecule has 0 heterocycles. The Hall–Kier alpha value is -1.10. The monoisotopic (exact) mass is 160 g/mol. The van der Waals surface area contributed by atoms with E-state index in [4.69, 9.17) is 16.6 Å². The Morgan fingerprint density at radius 1 is 1.55 bits per heavy atom. The van der Waals surface area contributed by atoms with Gasteiger partial charge < -0.3 is 16.6 Å². The van der Waals surface area contributed by atoms with Crippen LogP contribution in [-0.4, -0.2) is 23.0 Å². The third kappa shape index (κ3) is 2.55. The first-order valence-corrected chi connectivity index (χ1v) is 3.28. The Labute approximate surface area is 64.4 Å². The van der Waals surface area contributed by atoms with Crippen molar-refractivity contribution in [3.63, 3.8) is 0 Å². The van der Waals surface area contributed by atoms with Crippen molar-refractivity contribution in [3.05, 3.63) is 0 Å². The maximum absolute atomic E-state index is 10.5. The zero-order valence-corrected chi connectivity index (χ0v) is 6.28. The average molecular weight is 160 g/mol. The zero-order chi connectivity index (χ0) is 9.02. The van der Waals surface area contributed by atoms with E-state index in [0.717, 1.165) is 0 Å². The molecule has 0 spiro atoms. The number of rotatable bonds is 4. The lowest BCUT2D eigenvalue weighted by Crippen LogP contribution is -2.43. The van der Waals surface area contributed by atoms with Crippen LogP contribution in [0, 0.1) is 5.92 Å². The second-order valence-corrected chi connectivity index (χ2v) is 2.29. The highest BCUT2D eigenvalue weighted by Crippen LogP contribution is 2.04. The van der Waals surface area contributed by atoms with Crippen molar-refractivity contribution in [1.29, 1.82) is 0 Å². The summed E-state index contributed by atoms with van der Waals surface area (Å²) in [6.07, 6.45) is 0.417. The van der Waals surface area contributed by atoms with E-state index in [1.807, 2.05) is 0 Å². The molecule has 11 heavy (non-hydrogen) atoms. The molecule has 1 amide bonds. The average Bonchev–Trinajstić information content (AvgIpc) is 1.85. The fraction of sp³-hybridized carbons (Fsp3) is 0.667. The van der Waals surface area contributed by atoms with Gasteiger partial charge in [0.05, 0.1) is 0 Å². The summed E-state index contributed by atoms with van der Waals surface area (Å²) >= 11 is 0. The van der Waals surface area contributed by atoms with Crippen molar-refractivity contribution in [2.24, 2.45) is 17.4 Å². The molecule has 0 aromatic rings. The van der Waals surface area contributed by atoms with Gasteiger partial charge in [0.2, 0.25) is 5.91 Å². The fourth-order valence-corrected chi connectivity index (χ4v) is 0.752. The van der Waals surface area contributed by atoms with E-state index in [0.29, 0.717) is 6.42 Å². The number of carboxylic acid groups (broad SMARTS) is 1. The summed E-state index contributed by atoms with van der Waals surface area (Å²) in [5.74, 6) is -3.40. The quantitative estimate of drug-likeness (QED) is 0.454. The molecule has 0 aromatic heterocycles. The first kappa shape index (κ1) is 9.90. The minimum absolute atomic E-state index is 0.417. The number of nitrogens with two attached hydrogens (primary N) is 2. The minimum Gasteiger partial charge on any atom is -0.481 e. The summed E-state index contributed by atoms with van der Waals surface area (Å²) in [6, 6.07) is -0.690. The van der Waals surface area contributed by atoms with Crippen LogP contribution in [0.2, 0.25) is 0 Å². The van der Waals surface area contributed by atoms with Crippen molar-refractivity contribution < 1.29 is 14.7 Å². The topological polar surface area (TPSA) is 106 Å². The minimum atomic E-state index is -1.26. The summed E-state index contributed by atoms with van der Waals surface area (Å²) in [5, 5.41) is 8.46. The van der Waals surface area contributed by atoms with Gasteiger partial charge in [0.1, 0.15) is 5.92 Å². The summed E-state index contributed by atoms with van der Waals surface area (Å²) in [6.45, 7) is 1.70. The molecule has 5 N–H and O–H groups in total. The Bertz CT molecular complexity index is 155. The molecule has 0 aliphatic heterocycles. The van der Waals surface area contributed by atoms with Crippen LogP contribution in [0.25, 0.3) is 0 Å². The van der Waals surface area contributed by atoms with Gasteiger partial charge in [-0.2, -0.15) is 0 Å². The molecule has 5 heteroatoms. The molecular formula is C6H12N2O3. The van der Waals surface area contributed by atoms with E-state index in [1.54, 1.807) is 6.92 Å². The summed E-state index contributed by atoms with van der Waals surface area (Å²) in [4.78, 5) is 20.9. The SMILES string of the molecule is CC[C@H](N)C(C(N)=O)C(=O)O. The Morgan fingerprint density at radius 2 is 2.00 bits per heavy atom. The molecule has 0 aromatic carbocycles. The van der Waals surface area contributed by atoms with E-state index >= 15 is 0 Å². The van der Waals surface area contributed by atoms with Gasteiger partial charge in [-0.25, -0.2) is 0 Å². The molecule has 0 fully saturated rings. The number of primary amides is 1. The molecule has 64 valence electrons. The molecule has 0 radical (unpaired) electrons. The normalized spacial score (nSPS) is 15.5. The lowest BCUT2D eigenvalue weighted by molar-refractivity contribution is -0.146. The van der Waals surface area contributed by atoms with Crippen molar-refractivity contribution in [2.45, 2.75) is 19.4 Å². The summed E-state index contributed by atoms with van der Waals surface area (Å²) in [7, 11) is 0. The third-order valence-electron chi connectivity index (χ3n) is 1.47. The Morgan fingerprint density at radius 3 is 2.09 bits per heavy atom. The van der Waals surface area contributed by atoms with Gasteiger partial charge in [-0.05, 0) is 6.42 Å². The van der Waals surface area contributed by atoms with Crippen molar-refractivity contribution >= 4 is 11.9 Å². The molecular weight excluding hydrogens is 148 g/mol. The summed E-state index contributed by atoms with van der Waals surface area (Å²) < 4.78 is 0. The summed E-state index contributed by atoms with van der Waals surface area (Å²) in [5.41, 5.74) is 10.2. The lowest BCUT2D eigenvalue weighted by atomic mass is 9.98. The molecule has 0 saturated carbocycles. The largest absolute Gasteiger partial charge is 0.481 e. The Balaban J connectivity index is 4.34. The number of carbonyl (C=O) groups excluding carboxylic acids is 1. The highest BCUT2D eigenvalue weighted by Gasteiger charge is 2.29. The fourth-order valence-electron chi connectivity index (χ4n) is 0.752. The van der Waals surface area contributed by atoms with Gasteiger partial charge in [0.25, 0.3) is 0 Å². The second-order valence-electron chi connectivity index (χ2n) is 2.29. The van der Waals surface area contributed by atoms with Crippen LogP contribution in [-0.2, 0) is 9.59 Å². The van der Waals surface area contributed by atoms with Crippen LogP contribution in [0.4, 0.5) is 0 Å². The number of aliphatic carboxylic acids is 1. The van der Waals surface area contributed by atoms with E-state index in [-0.39, 0.29) is 0 Å². The zero-order valence-electron chi connectivity index (χ0n) is 6.28. The molecule has 0 bridgehead atoms. The predicted molar refractivity (Wildman–Crippen MR) is 38.6 cm³/mol. The van der Waals surface area contributed by atoms with Crippen LogP contribution in [0.15, 0.2) is 0 Å². The van der Waals surface area contributed by atoms with E-state index < -0.39 is 23.8 Å². The van der Waals surface area contributed by atoms with Crippen molar-refractivity contribution in [3.8, 4) is 0 Å². The van der Waals surface area contributed by atoms with Gasteiger partial charge >= 0.3 is 5.97 Å². The number of amides is 1. The Kier molecular flexibility index (Phi) is 3.53. The van der Waals surface area contributed by atoms with Crippen LogP contribution in [0.5, 0.6) is 0 Å². The number of carbonyl (C=O) groups is 2. The molecule has 0 rings (SSSR count). The molecule has 0 aliphatic carbocycles. The smallest absolute Gasteiger partial charge is 0.317 e. The lowest BCUT2D eigenvalue weighted by Gasteiger charge is -2.14. The van der Waals surface area contributed by atoms with E-state index in [9.17, 15) is 9.59 Å². The molecule has 2 atom stereocenters. The third-order valence-corrected chi connectivity index (χ3v) is 1.47. The highest BCUT2D eigenvalue weighted by atomic mass is 16.4. The van der Waals surface area contributed by atoms with Gasteiger partial charge in [-0.3, -0.25) is 9.59 Å². The first-order chi connectivity index (χ1) is 5.00. The van der Waals surface area contributed by atoms with Crippen molar-refractivity contribution in [1.82, 2.24) is 0 Å². The van der Waals surface area contributed by atoms with Crippen molar-refractivity contribution in [2.75, 3.05) is 0 Å². The number of carboxylic acids is 1. The van der Waals surface area contributed by atoms with Crippen LogP contribution < -0.4 is 11.5 Å². The van der Waals surface area contributed by atoms with E-state index in [1.165, 1.54) is 0 Å². The molecule has 0 aliphatic rings. The highest BCUT2D eigenvalue weighted by molar-refractivity contribution is 5.96. The first-order valence-electron chi connectivity index (χ1n) is 3.28. The van der Waals surface area contributed by atoms with Crippen LogP contribution in [0.3, 0.4) is 0 Å². The molecule has 1 unspecified atom stereocenters. The number of hydrogen-bond acceptors (Lipinski definition) is 3. The van der Waals surface area contributed by atoms with Gasteiger partial charge in [0, 0.05) is 6.04 Å². The van der Waals surface area contributed by atoms with Gasteiger partial charge in [-0.15, -0.1) is 0 Å².